The van der Waals surface area contributed by atoms with E-state index in [1.54, 1.807) is 42.4 Å². The fourth-order valence-electron chi connectivity index (χ4n) is 2.86. The average Bonchev–Trinajstić information content (AvgIpc) is 3.22. The lowest BCUT2D eigenvalue weighted by atomic mass is 10.2. The van der Waals surface area contributed by atoms with E-state index in [0.29, 0.717) is 11.5 Å². The van der Waals surface area contributed by atoms with Crippen LogP contribution in [0.15, 0.2) is 93.6 Å². The van der Waals surface area contributed by atoms with Crippen LogP contribution in [0.25, 0.3) is 11.3 Å². The van der Waals surface area contributed by atoms with Crippen LogP contribution in [0, 0.1) is 0 Å². The largest absolute Gasteiger partial charge is 0.507 e. The van der Waals surface area contributed by atoms with E-state index in [-0.39, 0.29) is 5.75 Å². The van der Waals surface area contributed by atoms with Crippen LogP contribution in [0.4, 0.5) is 5.95 Å². The van der Waals surface area contributed by atoms with E-state index in [1.807, 2.05) is 60.8 Å². The number of aromatic nitrogens is 2. The molecule has 0 fully saturated rings. The molecule has 1 heterocycles. The predicted octanol–water partition coefficient (Wildman–Crippen LogP) is 5.66. The molecule has 0 bridgehead atoms. The maximum absolute atomic E-state index is 10.1. The van der Waals surface area contributed by atoms with E-state index in [9.17, 15) is 5.11 Å². The molecule has 4 rings (SSSR count). The molecule has 3 aromatic carbocycles. The maximum atomic E-state index is 10.1. The Labute approximate surface area is 188 Å². The van der Waals surface area contributed by atoms with Gasteiger partial charge in [0.1, 0.15) is 11.5 Å². The summed E-state index contributed by atoms with van der Waals surface area (Å²) in [5.41, 5.74) is 3.19. The molecule has 0 aliphatic heterocycles. The van der Waals surface area contributed by atoms with Gasteiger partial charge in [-0.05, 0) is 48.0 Å². The highest BCUT2D eigenvalue weighted by molar-refractivity contribution is 9.10. The molecule has 0 saturated carbocycles. The smallest absolute Gasteiger partial charge is 0.251 e. The van der Waals surface area contributed by atoms with Crippen molar-refractivity contribution < 1.29 is 9.84 Å². The van der Waals surface area contributed by atoms with Crippen molar-refractivity contribution in [3.8, 4) is 22.8 Å². The Morgan fingerprint density at radius 1 is 1.00 bits per heavy atom. The molecule has 31 heavy (non-hydrogen) atoms. The molecule has 0 atom stereocenters. The van der Waals surface area contributed by atoms with Crippen LogP contribution >= 0.6 is 15.9 Å². The first-order valence-electron chi connectivity index (χ1n) is 9.48. The van der Waals surface area contributed by atoms with E-state index in [0.717, 1.165) is 27.0 Å². The highest BCUT2D eigenvalue weighted by atomic mass is 79.9. The zero-order chi connectivity index (χ0) is 21.6. The highest BCUT2D eigenvalue weighted by Crippen LogP contribution is 2.24. The third-order valence-electron chi connectivity index (χ3n) is 4.50. The van der Waals surface area contributed by atoms with Crippen LogP contribution in [-0.4, -0.2) is 34.3 Å². The Morgan fingerprint density at radius 3 is 2.52 bits per heavy atom. The van der Waals surface area contributed by atoms with E-state index in [1.165, 1.54) is 0 Å². The van der Waals surface area contributed by atoms with E-state index in [4.69, 9.17) is 4.74 Å². The molecule has 4 aromatic rings. The van der Waals surface area contributed by atoms with Gasteiger partial charge in [-0.3, -0.25) is 0 Å². The fourth-order valence-corrected chi connectivity index (χ4v) is 3.24. The van der Waals surface area contributed by atoms with Gasteiger partial charge in [0, 0.05) is 21.8 Å². The first-order valence-corrected chi connectivity index (χ1v) is 10.3. The number of benzene rings is 3. The molecule has 0 spiro atoms. The minimum Gasteiger partial charge on any atom is -0.507 e. The number of phenolic OH excluding ortho intramolecular Hbond substituents is 1. The Morgan fingerprint density at radius 2 is 1.77 bits per heavy atom. The van der Waals surface area contributed by atoms with Crippen molar-refractivity contribution in [3.63, 3.8) is 0 Å². The Hall–Kier alpha value is -3.71. The first kappa shape index (κ1) is 20.6. The molecule has 1 aromatic heterocycles. The molecule has 0 radical (unpaired) electrons. The Bertz CT molecular complexity index is 1230. The topological polar surface area (TPSA) is 72.0 Å². The zero-order valence-electron chi connectivity index (χ0n) is 16.7. The van der Waals surface area contributed by atoms with Crippen LogP contribution in [0.3, 0.4) is 0 Å². The van der Waals surface area contributed by atoms with Gasteiger partial charge in [-0.1, -0.05) is 46.3 Å². The highest BCUT2D eigenvalue weighted by Gasteiger charge is 2.09. The molecule has 1 N–H and O–H groups in total. The number of ether oxygens (including phenoxy) is 1. The summed E-state index contributed by atoms with van der Waals surface area (Å²) >= 11 is 3.41. The summed E-state index contributed by atoms with van der Waals surface area (Å²) < 4.78 is 7.65. The number of nitrogens with zero attached hydrogens (tertiary/aromatic N) is 4. The standard InChI is InChI=1S/C24H19BrN4O2/c1-31-21-10-7-17(8-11-21)14-27-29-16-22(18-5-3-2-4-6-18)28-24(29)26-15-19-13-20(25)9-12-23(19)30/h2-16,30H,1H3/b26-15+,27-14-. The van der Waals surface area contributed by atoms with E-state index in [2.05, 4.69) is 31.0 Å². The zero-order valence-corrected chi connectivity index (χ0v) is 18.3. The van der Waals surface area contributed by atoms with Crippen LogP contribution in [0.5, 0.6) is 11.5 Å². The normalized spacial score (nSPS) is 11.4. The molecule has 154 valence electrons. The number of aliphatic imine (C=N–C) groups is 1. The number of aromatic hydroxyl groups is 1. The van der Waals surface area contributed by atoms with Gasteiger partial charge in [-0.2, -0.15) is 5.10 Å². The molecule has 7 heteroatoms. The second kappa shape index (κ2) is 9.40. The maximum Gasteiger partial charge on any atom is 0.251 e. The van der Waals surface area contributed by atoms with Gasteiger partial charge < -0.3 is 9.84 Å². The summed E-state index contributed by atoms with van der Waals surface area (Å²) in [6, 6.07) is 22.6. The number of hydrogen-bond donors (Lipinski definition) is 1. The van der Waals surface area contributed by atoms with E-state index < -0.39 is 0 Å². The summed E-state index contributed by atoms with van der Waals surface area (Å²) in [6.07, 6.45) is 5.12. The van der Waals surface area contributed by atoms with Gasteiger partial charge in [0.2, 0.25) is 0 Å². The van der Waals surface area contributed by atoms with Crippen LogP contribution in [0.1, 0.15) is 11.1 Å². The lowest BCUT2D eigenvalue weighted by Gasteiger charge is -2.00. The molecule has 0 aliphatic rings. The SMILES string of the molecule is COc1ccc(/C=N\n2cc(-c3ccccc3)nc2/N=C/c2cc(Br)ccc2O)cc1. The lowest BCUT2D eigenvalue weighted by molar-refractivity contribution is 0.415. The predicted molar refractivity (Wildman–Crippen MR) is 127 cm³/mol. The summed E-state index contributed by atoms with van der Waals surface area (Å²) in [6.45, 7) is 0. The Kier molecular flexibility index (Phi) is 6.24. The van der Waals surface area contributed by atoms with Crippen molar-refractivity contribution in [2.24, 2.45) is 10.1 Å². The summed E-state index contributed by atoms with van der Waals surface area (Å²) in [5, 5.41) is 14.6. The number of hydrogen-bond acceptors (Lipinski definition) is 5. The number of phenols is 1. The van der Waals surface area contributed by atoms with Crippen molar-refractivity contribution in [1.82, 2.24) is 9.66 Å². The quantitative estimate of drug-likeness (QED) is 0.366. The van der Waals surface area contributed by atoms with Crippen LogP contribution in [0.2, 0.25) is 0 Å². The molecule has 0 saturated heterocycles. The minimum absolute atomic E-state index is 0.134. The molecule has 0 aliphatic carbocycles. The summed E-state index contributed by atoms with van der Waals surface area (Å²) in [7, 11) is 1.63. The molecule has 6 nitrogen and oxygen atoms in total. The van der Waals surface area contributed by atoms with Gasteiger partial charge in [0.25, 0.3) is 5.95 Å². The Balaban J connectivity index is 1.70. The summed E-state index contributed by atoms with van der Waals surface area (Å²) in [5.74, 6) is 1.31. The third-order valence-corrected chi connectivity index (χ3v) is 4.99. The average molecular weight is 475 g/mol. The van der Waals surface area contributed by atoms with Gasteiger partial charge in [0.05, 0.1) is 25.2 Å². The van der Waals surface area contributed by atoms with Crippen molar-refractivity contribution in [1.29, 1.82) is 0 Å². The van der Waals surface area contributed by atoms with Crippen LogP contribution in [-0.2, 0) is 0 Å². The lowest BCUT2D eigenvalue weighted by Crippen LogP contribution is -1.90. The monoisotopic (exact) mass is 474 g/mol. The van der Waals surface area contributed by atoms with Crippen molar-refractivity contribution in [3.05, 3.63) is 94.6 Å². The number of imidazole rings is 1. The molecular weight excluding hydrogens is 456 g/mol. The van der Waals surface area contributed by atoms with Gasteiger partial charge in [-0.25, -0.2) is 14.7 Å². The van der Waals surface area contributed by atoms with Gasteiger partial charge in [-0.15, -0.1) is 0 Å². The van der Waals surface area contributed by atoms with Crippen molar-refractivity contribution in [2.75, 3.05) is 7.11 Å². The molecule has 0 amide bonds. The van der Waals surface area contributed by atoms with E-state index >= 15 is 0 Å². The molecule has 0 unspecified atom stereocenters. The van der Waals surface area contributed by atoms with Gasteiger partial charge in [0.15, 0.2) is 0 Å². The fraction of sp³-hybridized carbons (Fsp3) is 0.0417. The molecular formula is C24H19BrN4O2. The van der Waals surface area contributed by atoms with Crippen LogP contribution < -0.4 is 4.74 Å². The van der Waals surface area contributed by atoms with Gasteiger partial charge >= 0.3 is 0 Å². The second-order valence-electron chi connectivity index (χ2n) is 6.62. The second-order valence-corrected chi connectivity index (χ2v) is 7.53. The number of methoxy groups -OCH3 is 1. The van der Waals surface area contributed by atoms with Crippen molar-refractivity contribution >= 4 is 34.3 Å². The number of rotatable bonds is 6. The minimum atomic E-state index is 0.134. The first-order chi connectivity index (χ1) is 15.1. The third kappa shape index (κ3) is 5.07. The number of halogens is 1. The van der Waals surface area contributed by atoms with Crippen molar-refractivity contribution in [2.45, 2.75) is 0 Å². The summed E-state index contributed by atoms with van der Waals surface area (Å²) in [4.78, 5) is 9.10.